The fourth-order valence-electron chi connectivity index (χ4n) is 0.375. The minimum absolute atomic E-state index is 0. The van der Waals surface area contributed by atoms with Crippen molar-refractivity contribution in [3.8, 4) is 0 Å². The molecule has 62 valence electrons. The molecule has 0 aliphatic carbocycles. The van der Waals surface area contributed by atoms with Gasteiger partial charge in [0.25, 0.3) is 6.47 Å². The van der Waals surface area contributed by atoms with E-state index in [0.717, 1.165) is 11.0 Å². The number of ether oxygens (including phenoxy) is 1. The summed E-state index contributed by atoms with van der Waals surface area (Å²) >= 11 is 0. The molecule has 0 unspecified atom stereocenters. The van der Waals surface area contributed by atoms with Gasteiger partial charge in [-0.1, -0.05) is 0 Å². The second-order valence-corrected chi connectivity index (χ2v) is 2.98. The molecule has 0 heterocycles. The topological polar surface area (TPSA) is 56.3 Å². The second kappa shape index (κ2) is 5.20. The molecule has 0 amide bonds. The first-order chi connectivity index (χ1) is 4.06. The zero-order chi connectivity index (χ0) is 7.33. The molecular formula is C6H15NO3. The summed E-state index contributed by atoms with van der Waals surface area (Å²) in [7, 11) is 6.15. The maximum Gasteiger partial charge on any atom is 0.293 e. The summed E-state index contributed by atoms with van der Waals surface area (Å²) in [6, 6.07) is 0. The van der Waals surface area contributed by atoms with Crippen molar-refractivity contribution in [2.45, 2.75) is 0 Å². The maximum absolute atomic E-state index is 9.66. The van der Waals surface area contributed by atoms with E-state index >= 15 is 0 Å². The van der Waals surface area contributed by atoms with E-state index in [9.17, 15) is 4.79 Å². The molecule has 0 atom stereocenters. The maximum atomic E-state index is 9.66. The van der Waals surface area contributed by atoms with Crippen molar-refractivity contribution < 1.29 is 19.5 Å². The second-order valence-electron chi connectivity index (χ2n) is 2.98. The van der Waals surface area contributed by atoms with E-state index in [1.807, 2.05) is 21.1 Å². The Morgan fingerprint density at radius 3 is 2.20 bits per heavy atom. The lowest BCUT2D eigenvalue weighted by Gasteiger charge is -2.22. The SMILES string of the molecule is C[N+](C)(C)CCOC=O.[OH-]. The van der Waals surface area contributed by atoms with Crippen LogP contribution in [0.15, 0.2) is 0 Å². The molecule has 0 aliphatic heterocycles. The van der Waals surface area contributed by atoms with Crippen molar-refractivity contribution in [1.29, 1.82) is 0 Å². The number of hydrogen-bond acceptors (Lipinski definition) is 3. The zero-order valence-electron chi connectivity index (χ0n) is 6.70. The van der Waals surface area contributed by atoms with Crippen LogP contribution in [0.4, 0.5) is 0 Å². The summed E-state index contributed by atoms with van der Waals surface area (Å²) in [5, 5.41) is 0. The van der Waals surface area contributed by atoms with Gasteiger partial charge in [-0.25, -0.2) is 0 Å². The van der Waals surface area contributed by atoms with Crippen LogP contribution in [0.25, 0.3) is 0 Å². The molecule has 4 heteroatoms. The lowest BCUT2D eigenvalue weighted by atomic mass is 10.5. The molecule has 4 nitrogen and oxygen atoms in total. The number of hydrogen-bond donors (Lipinski definition) is 0. The van der Waals surface area contributed by atoms with Gasteiger partial charge in [-0.2, -0.15) is 0 Å². The first-order valence-electron chi connectivity index (χ1n) is 2.92. The highest BCUT2D eigenvalue weighted by Gasteiger charge is 2.04. The zero-order valence-corrected chi connectivity index (χ0v) is 6.70. The van der Waals surface area contributed by atoms with Gasteiger partial charge >= 0.3 is 0 Å². The molecule has 0 aromatic carbocycles. The molecule has 1 N–H and O–H groups in total. The average Bonchev–Trinajstić information content (AvgIpc) is 1.63. The highest BCUT2D eigenvalue weighted by Crippen LogP contribution is 1.87. The van der Waals surface area contributed by atoms with Crippen molar-refractivity contribution in [2.24, 2.45) is 0 Å². The molecule has 0 saturated carbocycles. The Labute approximate surface area is 61.3 Å². The molecule has 0 spiro atoms. The molecule has 0 radical (unpaired) electrons. The Hall–Kier alpha value is -0.610. The summed E-state index contributed by atoms with van der Waals surface area (Å²) < 4.78 is 5.34. The van der Waals surface area contributed by atoms with Crippen LogP contribution < -0.4 is 0 Å². The fraction of sp³-hybridized carbons (Fsp3) is 0.833. The van der Waals surface area contributed by atoms with Crippen LogP contribution >= 0.6 is 0 Å². The summed E-state index contributed by atoms with van der Waals surface area (Å²) in [4.78, 5) is 9.66. The monoisotopic (exact) mass is 149 g/mol. The van der Waals surface area contributed by atoms with Crippen LogP contribution in [-0.2, 0) is 9.53 Å². The third-order valence-corrected chi connectivity index (χ3v) is 0.948. The molecule has 0 aliphatic rings. The number of carbonyl (C=O) groups is 1. The van der Waals surface area contributed by atoms with Crippen LogP contribution in [0.3, 0.4) is 0 Å². The minimum Gasteiger partial charge on any atom is -0.870 e. The van der Waals surface area contributed by atoms with E-state index in [4.69, 9.17) is 0 Å². The van der Waals surface area contributed by atoms with Crippen molar-refractivity contribution in [3.05, 3.63) is 0 Å². The molecule has 0 fully saturated rings. The van der Waals surface area contributed by atoms with Gasteiger partial charge in [-0.3, -0.25) is 4.79 Å². The number of quaternary nitrogens is 1. The summed E-state index contributed by atoms with van der Waals surface area (Å²) in [5.41, 5.74) is 0. The summed E-state index contributed by atoms with van der Waals surface area (Å²) in [6.45, 7) is 1.85. The van der Waals surface area contributed by atoms with Crippen LogP contribution in [0.2, 0.25) is 0 Å². The minimum atomic E-state index is 0. The van der Waals surface area contributed by atoms with E-state index in [0.29, 0.717) is 13.1 Å². The summed E-state index contributed by atoms with van der Waals surface area (Å²) in [5.74, 6) is 0. The highest BCUT2D eigenvalue weighted by atomic mass is 16.5. The number of carbonyl (C=O) groups excluding carboxylic acids is 1. The lowest BCUT2D eigenvalue weighted by molar-refractivity contribution is -0.870. The lowest BCUT2D eigenvalue weighted by Crippen LogP contribution is -2.37. The Bertz CT molecular complexity index is 87.5. The van der Waals surface area contributed by atoms with Crippen molar-refractivity contribution in [1.82, 2.24) is 0 Å². The Morgan fingerprint density at radius 2 is 1.90 bits per heavy atom. The van der Waals surface area contributed by atoms with Crippen molar-refractivity contribution >= 4 is 6.47 Å². The van der Waals surface area contributed by atoms with Crippen LogP contribution in [0, 0.1) is 0 Å². The van der Waals surface area contributed by atoms with E-state index in [1.54, 1.807) is 0 Å². The number of likely N-dealkylation sites (N-methyl/N-ethyl adjacent to an activating group) is 1. The van der Waals surface area contributed by atoms with Gasteiger partial charge in [-0.05, 0) is 0 Å². The van der Waals surface area contributed by atoms with Crippen molar-refractivity contribution in [2.75, 3.05) is 34.3 Å². The van der Waals surface area contributed by atoms with E-state index in [2.05, 4.69) is 4.74 Å². The standard InChI is InChI=1S/C6H14NO2.H2O/c1-7(2,3)4-5-9-6-8;/h6H,4-5H2,1-3H3;1H2/q+1;/p-1. The highest BCUT2D eigenvalue weighted by molar-refractivity contribution is 5.36. The van der Waals surface area contributed by atoms with Gasteiger partial charge in [0, 0.05) is 0 Å². The Kier molecular flexibility index (Phi) is 6.29. The van der Waals surface area contributed by atoms with Gasteiger partial charge in [0.15, 0.2) is 0 Å². The fourth-order valence-corrected chi connectivity index (χ4v) is 0.375. The molecule has 0 aromatic heterocycles. The molecule has 0 saturated heterocycles. The van der Waals surface area contributed by atoms with Gasteiger partial charge < -0.3 is 14.7 Å². The average molecular weight is 149 g/mol. The molecular weight excluding hydrogens is 134 g/mol. The van der Waals surface area contributed by atoms with E-state index < -0.39 is 0 Å². The molecule has 0 aromatic rings. The predicted molar refractivity (Wildman–Crippen MR) is 36.9 cm³/mol. The molecule has 0 rings (SSSR count). The van der Waals surface area contributed by atoms with Crippen LogP contribution in [0.1, 0.15) is 0 Å². The number of rotatable bonds is 4. The smallest absolute Gasteiger partial charge is 0.293 e. The predicted octanol–water partition coefficient (Wildman–Crippen LogP) is -0.311. The van der Waals surface area contributed by atoms with Crippen molar-refractivity contribution in [3.63, 3.8) is 0 Å². The first kappa shape index (κ1) is 12.1. The largest absolute Gasteiger partial charge is 0.870 e. The van der Waals surface area contributed by atoms with Gasteiger partial charge in [0.2, 0.25) is 0 Å². The molecule has 10 heavy (non-hydrogen) atoms. The van der Waals surface area contributed by atoms with E-state index in [1.165, 1.54) is 0 Å². The summed E-state index contributed by atoms with van der Waals surface area (Å²) in [6.07, 6.45) is 0. The molecule has 0 bridgehead atoms. The number of nitrogens with zero attached hydrogens (tertiary/aromatic N) is 1. The van der Waals surface area contributed by atoms with E-state index in [-0.39, 0.29) is 5.48 Å². The van der Waals surface area contributed by atoms with Crippen LogP contribution in [-0.4, -0.2) is 50.7 Å². The third kappa shape index (κ3) is 10.4. The normalized spacial score (nSPS) is 9.90. The Morgan fingerprint density at radius 1 is 1.40 bits per heavy atom. The quantitative estimate of drug-likeness (QED) is 0.313. The van der Waals surface area contributed by atoms with Gasteiger partial charge in [0.1, 0.15) is 13.2 Å². The first-order valence-corrected chi connectivity index (χ1v) is 2.92. The Balaban J connectivity index is 0. The van der Waals surface area contributed by atoms with Gasteiger partial charge in [0.05, 0.1) is 21.1 Å². The van der Waals surface area contributed by atoms with Crippen LogP contribution in [0.5, 0.6) is 0 Å². The van der Waals surface area contributed by atoms with Gasteiger partial charge in [-0.15, -0.1) is 0 Å². The third-order valence-electron chi connectivity index (χ3n) is 0.948.